The molecule has 0 bridgehead atoms. The van der Waals surface area contributed by atoms with Crippen LogP contribution in [-0.2, 0) is 5.75 Å². The first-order chi connectivity index (χ1) is 11.2. The largest absolute Gasteiger partial charge is 0.460 e. The fourth-order valence-electron chi connectivity index (χ4n) is 1.85. The van der Waals surface area contributed by atoms with E-state index < -0.39 is 0 Å². The van der Waals surface area contributed by atoms with Gasteiger partial charge in [0.1, 0.15) is 11.5 Å². The van der Waals surface area contributed by atoms with Crippen LogP contribution in [0.15, 0.2) is 57.1 Å². The van der Waals surface area contributed by atoms with Crippen LogP contribution in [0.5, 0.6) is 0 Å². The van der Waals surface area contributed by atoms with Crippen molar-refractivity contribution in [3.63, 3.8) is 0 Å². The molecule has 0 aliphatic heterocycles. The lowest BCUT2D eigenvalue weighted by molar-refractivity contribution is 0.528. The van der Waals surface area contributed by atoms with Crippen LogP contribution in [0.4, 0.5) is 5.95 Å². The maximum absolute atomic E-state index is 5.96. The van der Waals surface area contributed by atoms with E-state index in [2.05, 4.69) is 32.9 Å². The molecule has 3 aromatic rings. The van der Waals surface area contributed by atoms with Gasteiger partial charge < -0.3 is 10.3 Å². The highest BCUT2D eigenvalue weighted by Crippen LogP contribution is 2.21. The zero-order valence-electron chi connectivity index (χ0n) is 12.5. The van der Waals surface area contributed by atoms with E-state index in [1.165, 1.54) is 22.0 Å². The fourth-order valence-corrected chi connectivity index (χ4v) is 2.66. The molecule has 2 aromatic heterocycles. The van der Waals surface area contributed by atoms with Crippen LogP contribution in [0.25, 0.3) is 0 Å². The number of nitrogens with one attached hydrogen (secondary N) is 1. The molecule has 0 spiro atoms. The van der Waals surface area contributed by atoms with E-state index in [1.807, 2.05) is 37.3 Å². The summed E-state index contributed by atoms with van der Waals surface area (Å²) in [5, 5.41) is 12.7. The summed E-state index contributed by atoms with van der Waals surface area (Å²) in [5.41, 5.74) is 3.95. The Morgan fingerprint density at radius 3 is 2.83 bits per heavy atom. The molecular formula is C15H16N6OS. The summed E-state index contributed by atoms with van der Waals surface area (Å²) in [5.74, 6) is 8.57. The van der Waals surface area contributed by atoms with Crippen molar-refractivity contribution in [1.82, 2.24) is 14.9 Å². The lowest BCUT2D eigenvalue weighted by Crippen LogP contribution is -2.13. The Morgan fingerprint density at radius 1 is 1.26 bits per heavy atom. The molecule has 0 aliphatic rings. The highest BCUT2D eigenvalue weighted by atomic mass is 32.2. The normalized spacial score (nSPS) is 11.2. The van der Waals surface area contributed by atoms with E-state index in [4.69, 9.17) is 10.3 Å². The Hall–Kier alpha value is -2.74. The van der Waals surface area contributed by atoms with Crippen molar-refractivity contribution in [1.29, 1.82) is 0 Å². The molecule has 0 amide bonds. The molecule has 23 heavy (non-hydrogen) atoms. The third kappa shape index (κ3) is 3.92. The van der Waals surface area contributed by atoms with Crippen molar-refractivity contribution >= 4 is 23.9 Å². The third-order valence-electron chi connectivity index (χ3n) is 2.99. The number of hydrogen-bond donors (Lipinski definition) is 2. The summed E-state index contributed by atoms with van der Waals surface area (Å²) in [7, 11) is 0. The summed E-state index contributed by atoms with van der Waals surface area (Å²) >= 11 is 1.51. The summed E-state index contributed by atoms with van der Waals surface area (Å²) < 4.78 is 6.75. The molecular weight excluding hydrogens is 312 g/mol. The maximum atomic E-state index is 5.96. The number of benzene rings is 1. The predicted octanol–water partition coefficient (Wildman–Crippen LogP) is 2.63. The zero-order chi connectivity index (χ0) is 16.1. The lowest BCUT2D eigenvalue weighted by Gasteiger charge is -2.02. The molecule has 0 radical (unpaired) electrons. The van der Waals surface area contributed by atoms with Gasteiger partial charge in [0.2, 0.25) is 5.16 Å². The van der Waals surface area contributed by atoms with Crippen molar-refractivity contribution < 1.29 is 4.42 Å². The van der Waals surface area contributed by atoms with Gasteiger partial charge in [-0.25, -0.2) is 10.1 Å². The zero-order valence-corrected chi connectivity index (χ0v) is 13.3. The van der Waals surface area contributed by atoms with E-state index in [0.29, 0.717) is 16.9 Å². The molecule has 0 aliphatic carbocycles. The Labute approximate surface area is 137 Å². The van der Waals surface area contributed by atoms with Crippen LogP contribution in [-0.4, -0.2) is 21.1 Å². The Bertz CT molecular complexity index is 795. The average Bonchev–Trinajstić information content (AvgIpc) is 3.13. The van der Waals surface area contributed by atoms with E-state index in [-0.39, 0.29) is 0 Å². The van der Waals surface area contributed by atoms with Gasteiger partial charge in [-0.15, -0.1) is 10.2 Å². The topological polar surface area (TPSA) is 94.3 Å². The first-order valence-electron chi connectivity index (χ1n) is 6.95. The number of furan rings is 1. The minimum Gasteiger partial charge on any atom is -0.460 e. The standard InChI is InChI=1S/C15H16N6OS/c1-11-7-8-13(22-11)9-17-18-14-19-20-15(21(14)16)23-10-12-5-3-2-4-6-12/h2-9H,10,16H2,1H3,(H,18,19)/b17-9+. The van der Waals surface area contributed by atoms with Gasteiger partial charge in [0.15, 0.2) is 0 Å². The number of nitrogen functional groups attached to an aromatic ring is 1. The second-order valence-electron chi connectivity index (χ2n) is 4.77. The fraction of sp³-hybridized carbons (Fsp3) is 0.133. The number of anilines is 1. The van der Waals surface area contributed by atoms with Gasteiger partial charge in [0.25, 0.3) is 5.95 Å². The van der Waals surface area contributed by atoms with Gasteiger partial charge in [-0.1, -0.05) is 42.1 Å². The molecule has 0 saturated carbocycles. The summed E-state index contributed by atoms with van der Waals surface area (Å²) in [4.78, 5) is 0. The van der Waals surface area contributed by atoms with Crippen LogP contribution >= 0.6 is 11.8 Å². The van der Waals surface area contributed by atoms with Crippen LogP contribution in [0.1, 0.15) is 17.1 Å². The van der Waals surface area contributed by atoms with Crippen molar-refractivity contribution in [2.75, 3.05) is 11.3 Å². The van der Waals surface area contributed by atoms with Crippen molar-refractivity contribution in [3.05, 3.63) is 59.5 Å². The number of hydrogen-bond acceptors (Lipinski definition) is 7. The number of aryl methyl sites for hydroxylation is 1. The molecule has 1 aromatic carbocycles. The molecule has 3 rings (SSSR count). The van der Waals surface area contributed by atoms with E-state index in [0.717, 1.165) is 11.5 Å². The molecule has 0 fully saturated rings. The third-order valence-corrected chi connectivity index (χ3v) is 4.01. The Kier molecular flexibility index (Phi) is 4.62. The van der Waals surface area contributed by atoms with Crippen LogP contribution in [0.3, 0.4) is 0 Å². The minimum absolute atomic E-state index is 0.361. The number of aromatic nitrogens is 3. The SMILES string of the molecule is Cc1ccc(/C=N/Nc2nnc(SCc3ccccc3)n2N)o1. The second kappa shape index (κ2) is 7.01. The monoisotopic (exact) mass is 328 g/mol. The number of thioether (sulfide) groups is 1. The molecule has 2 heterocycles. The smallest absolute Gasteiger partial charge is 0.264 e. The number of nitrogens with two attached hydrogens (primary N) is 1. The highest BCUT2D eigenvalue weighted by molar-refractivity contribution is 7.98. The van der Waals surface area contributed by atoms with E-state index >= 15 is 0 Å². The molecule has 0 unspecified atom stereocenters. The summed E-state index contributed by atoms with van der Waals surface area (Å²) in [6.07, 6.45) is 1.55. The van der Waals surface area contributed by atoms with Gasteiger partial charge in [-0.3, -0.25) is 0 Å². The lowest BCUT2D eigenvalue weighted by atomic mass is 10.2. The first kappa shape index (κ1) is 15.2. The van der Waals surface area contributed by atoms with Crippen molar-refractivity contribution in [2.24, 2.45) is 5.10 Å². The molecule has 3 N–H and O–H groups in total. The van der Waals surface area contributed by atoms with Gasteiger partial charge in [0, 0.05) is 5.75 Å². The number of nitrogens with zero attached hydrogens (tertiary/aromatic N) is 4. The Balaban J connectivity index is 1.59. The van der Waals surface area contributed by atoms with Crippen molar-refractivity contribution in [3.8, 4) is 0 Å². The number of rotatable bonds is 6. The second-order valence-corrected chi connectivity index (χ2v) is 5.71. The van der Waals surface area contributed by atoms with Crippen LogP contribution < -0.4 is 11.3 Å². The summed E-state index contributed by atoms with van der Waals surface area (Å²) in [6, 6.07) is 13.8. The average molecular weight is 328 g/mol. The van der Waals surface area contributed by atoms with Gasteiger partial charge in [0.05, 0.1) is 6.21 Å². The molecule has 7 nitrogen and oxygen atoms in total. The Morgan fingerprint density at radius 2 is 2.09 bits per heavy atom. The summed E-state index contributed by atoms with van der Waals surface area (Å²) in [6.45, 7) is 1.87. The van der Waals surface area contributed by atoms with Gasteiger partial charge >= 0.3 is 0 Å². The van der Waals surface area contributed by atoms with Gasteiger partial charge in [-0.05, 0) is 24.6 Å². The number of hydrazone groups is 1. The van der Waals surface area contributed by atoms with Crippen LogP contribution in [0, 0.1) is 6.92 Å². The molecule has 0 saturated heterocycles. The first-order valence-corrected chi connectivity index (χ1v) is 7.93. The van der Waals surface area contributed by atoms with Gasteiger partial charge in [-0.2, -0.15) is 5.10 Å². The van der Waals surface area contributed by atoms with E-state index in [1.54, 1.807) is 6.21 Å². The maximum Gasteiger partial charge on any atom is 0.264 e. The minimum atomic E-state index is 0.361. The predicted molar refractivity (Wildman–Crippen MR) is 90.8 cm³/mol. The molecule has 8 heteroatoms. The highest BCUT2D eigenvalue weighted by Gasteiger charge is 2.09. The molecule has 118 valence electrons. The molecule has 0 atom stereocenters. The van der Waals surface area contributed by atoms with Crippen molar-refractivity contribution in [2.45, 2.75) is 17.8 Å². The van der Waals surface area contributed by atoms with E-state index in [9.17, 15) is 0 Å². The van der Waals surface area contributed by atoms with Crippen LogP contribution in [0.2, 0.25) is 0 Å². The quantitative estimate of drug-likeness (QED) is 0.313.